The van der Waals surface area contributed by atoms with Crippen LogP contribution in [0, 0.1) is 0 Å². The quantitative estimate of drug-likeness (QED) is 0.845. The fraction of sp³-hybridized carbons (Fsp3) is 0.600. The predicted octanol–water partition coefficient (Wildman–Crippen LogP) is 2.83. The highest BCUT2D eigenvalue weighted by Gasteiger charge is 2.43. The summed E-state index contributed by atoms with van der Waals surface area (Å²) in [5.74, 6) is 0. The van der Waals surface area contributed by atoms with Gasteiger partial charge in [-0.05, 0) is 30.4 Å². The van der Waals surface area contributed by atoms with Crippen molar-refractivity contribution in [1.82, 2.24) is 5.32 Å². The molecule has 1 saturated heterocycles. The largest absolute Gasteiger partial charge is 0.364 e. The van der Waals surface area contributed by atoms with Crippen molar-refractivity contribution in [2.45, 2.75) is 50.9 Å². The number of hydrogen-bond donors (Lipinski definition) is 1. The molecule has 17 heavy (non-hydrogen) atoms. The van der Waals surface area contributed by atoms with E-state index in [0.29, 0.717) is 6.04 Å². The zero-order chi connectivity index (χ0) is 11.9. The van der Waals surface area contributed by atoms with E-state index >= 15 is 0 Å². The Kier molecular flexibility index (Phi) is 2.72. The second-order valence-corrected chi connectivity index (χ2v) is 5.32. The third kappa shape index (κ3) is 1.71. The summed E-state index contributed by atoms with van der Waals surface area (Å²) in [5, 5.41) is 3.70. The minimum atomic E-state index is 0.0403. The molecule has 1 heterocycles. The summed E-state index contributed by atoms with van der Waals surface area (Å²) < 4.78 is 6.46. The van der Waals surface area contributed by atoms with E-state index in [1.54, 1.807) is 0 Å². The second-order valence-electron chi connectivity index (χ2n) is 5.32. The molecule has 0 amide bonds. The molecule has 0 bridgehead atoms. The normalized spacial score (nSPS) is 29.8. The van der Waals surface area contributed by atoms with E-state index < -0.39 is 0 Å². The van der Waals surface area contributed by atoms with Crippen molar-refractivity contribution in [1.29, 1.82) is 0 Å². The molecule has 0 aromatic heterocycles. The summed E-state index contributed by atoms with van der Waals surface area (Å²) in [6.45, 7) is 5.45. The van der Waals surface area contributed by atoms with Crippen molar-refractivity contribution in [2.75, 3.05) is 6.54 Å². The molecule has 1 fully saturated rings. The number of benzene rings is 1. The summed E-state index contributed by atoms with van der Waals surface area (Å²) in [7, 11) is 0. The summed E-state index contributed by atoms with van der Waals surface area (Å²) in [6.07, 6.45) is 3.55. The van der Waals surface area contributed by atoms with Crippen LogP contribution in [0.25, 0.3) is 0 Å². The number of morpholine rings is 1. The monoisotopic (exact) mass is 231 g/mol. The number of ether oxygens (including phenoxy) is 1. The minimum absolute atomic E-state index is 0.0403. The first-order valence-electron chi connectivity index (χ1n) is 6.77. The van der Waals surface area contributed by atoms with Crippen molar-refractivity contribution < 1.29 is 4.74 Å². The Labute approximate surface area is 103 Å². The molecule has 1 aromatic rings. The first-order chi connectivity index (χ1) is 8.28. The maximum absolute atomic E-state index is 6.46. The molecule has 1 N–H and O–H groups in total. The van der Waals surface area contributed by atoms with Crippen molar-refractivity contribution >= 4 is 0 Å². The molecule has 1 aliphatic heterocycles. The van der Waals surface area contributed by atoms with Gasteiger partial charge in [-0.15, -0.1) is 0 Å². The van der Waals surface area contributed by atoms with Gasteiger partial charge in [0.25, 0.3) is 0 Å². The highest BCUT2D eigenvalue weighted by Crippen LogP contribution is 2.41. The van der Waals surface area contributed by atoms with Crippen LogP contribution < -0.4 is 5.32 Å². The van der Waals surface area contributed by atoms with Crippen LogP contribution in [0.3, 0.4) is 0 Å². The van der Waals surface area contributed by atoms with Gasteiger partial charge in [-0.3, -0.25) is 0 Å². The van der Waals surface area contributed by atoms with Crippen LogP contribution in [-0.2, 0) is 11.2 Å². The maximum atomic E-state index is 6.46. The fourth-order valence-electron chi connectivity index (χ4n) is 3.18. The third-order valence-corrected chi connectivity index (χ3v) is 4.52. The molecule has 3 rings (SSSR count). The van der Waals surface area contributed by atoms with Crippen LogP contribution in [0.1, 0.15) is 43.9 Å². The maximum Gasteiger partial charge on any atom is 0.0991 e. The number of fused-ring (bicyclic) bond motifs is 3. The number of rotatable bonds is 2. The van der Waals surface area contributed by atoms with E-state index in [1.807, 2.05) is 0 Å². The third-order valence-electron chi connectivity index (χ3n) is 4.52. The SMILES string of the molecule is CCC1(CC)CNC2Cc3ccccc3C2O1. The molecule has 2 heteroatoms. The molecule has 2 atom stereocenters. The Morgan fingerprint density at radius 1 is 1.29 bits per heavy atom. The Hall–Kier alpha value is -0.860. The average Bonchev–Trinajstić information content (AvgIpc) is 2.76. The predicted molar refractivity (Wildman–Crippen MR) is 69.1 cm³/mol. The van der Waals surface area contributed by atoms with Crippen LogP contribution in [0.2, 0.25) is 0 Å². The van der Waals surface area contributed by atoms with Crippen molar-refractivity contribution in [3.63, 3.8) is 0 Å². The van der Waals surface area contributed by atoms with E-state index in [4.69, 9.17) is 4.74 Å². The van der Waals surface area contributed by atoms with Gasteiger partial charge in [-0.2, -0.15) is 0 Å². The average molecular weight is 231 g/mol. The van der Waals surface area contributed by atoms with Crippen LogP contribution in [0.5, 0.6) is 0 Å². The van der Waals surface area contributed by atoms with Gasteiger partial charge in [0.05, 0.1) is 11.7 Å². The van der Waals surface area contributed by atoms with Gasteiger partial charge in [0.2, 0.25) is 0 Å². The van der Waals surface area contributed by atoms with E-state index in [9.17, 15) is 0 Å². The van der Waals surface area contributed by atoms with Crippen molar-refractivity contribution in [2.24, 2.45) is 0 Å². The molecule has 1 aliphatic carbocycles. The molecule has 2 unspecified atom stereocenters. The highest BCUT2D eigenvalue weighted by atomic mass is 16.5. The summed E-state index contributed by atoms with van der Waals surface area (Å²) in [5.41, 5.74) is 2.90. The molecule has 2 nitrogen and oxygen atoms in total. The lowest BCUT2D eigenvalue weighted by atomic mass is 9.93. The van der Waals surface area contributed by atoms with Crippen molar-refractivity contribution in [3.8, 4) is 0 Å². The minimum Gasteiger partial charge on any atom is -0.364 e. The topological polar surface area (TPSA) is 21.3 Å². The van der Waals surface area contributed by atoms with Crippen LogP contribution in [0.4, 0.5) is 0 Å². The lowest BCUT2D eigenvalue weighted by molar-refractivity contribution is -0.136. The molecule has 0 spiro atoms. The molecule has 0 saturated carbocycles. The smallest absolute Gasteiger partial charge is 0.0991 e. The van der Waals surface area contributed by atoms with Crippen LogP contribution in [-0.4, -0.2) is 18.2 Å². The van der Waals surface area contributed by atoms with Crippen LogP contribution >= 0.6 is 0 Å². The van der Waals surface area contributed by atoms with Gasteiger partial charge >= 0.3 is 0 Å². The standard InChI is InChI=1S/C15H21NO/c1-3-15(4-2)10-16-13-9-11-7-5-6-8-12(11)14(13)17-15/h5-8,13-14,16H,3-4,9-10H2,1-2H3. The van der Waals surface area contributed by atoms with Gasteiger partial charge in [0.15, 0.2) is 0 Å². The molecule has 0 radical (unpaired) electrons. The zero-order valence-corrected chi connectivity index (χ0v) is 10.7. The van der Waals surface area contributed by atoms with E-state index in [1.165, 1.54) is 11.1 Å². The summed E-state index contributed by atoms with van der Waals surface area (Å²) in [4.78, 5) is 0. The van der Waals surface area contributed by atoms with E-state index in [0.717, 1.165) is 25.8 Å². The summed E-state index contributed by atoms with van der Waals surface area (Å²) >= 11 is 0. The van der Waals surface area contributed by atoms with E-state index in [2.05, 4.69) is 43.4 Å². The lowest BCUT2D eigenvalue weighted by Crippen LogP contribution is -2.54. The summed E-state index contributed by atoms with van der Waals surface area (Å²) in [6, 6.07) is 9.20. The molecular weight excluding hydrogens is 210 g/mol. The van der Waals surface area contributed by atoms with Gasteiger partial charge in [0.1, 0.15) is 0 Å². The first kappa shape index (κ1) is 11.2. The Morgan fingerprint density at radius 2 is 2.06 bits per heavy atom. The first-order valence-corrected chi connectivity index (χ1v) is 6.77. The zero-order valence-electron chi connectivity index (χ0n) is 10.7. The van der Waals surface area contributed by atoms with Gasteiger partial charge in [-0.1, -0.05) is 38.1 Å². The lowest BCUT2D eigenvalue weighted by Gasteiger charge is -2.43. The Bertz CT molecular complexity index is 411. The molecule has 92 valence electrons. The fourth-order valence-corrected chi connectivity index (χ4v) is 3.18. The highest BCUT2D eigenvalue weighted by molar-refractivity contribution is 5.36. The van der Waals surface area contributed by atoms with E-state index in [-0.39, 0.29) is 11.7 Å². The molecular formula is C15H21NO. The Morgan fingerprint density at radius 3 is 2.82 bits per heavy atom. The van der Waals surface area contributed by atoms with Crippen LogP contribution in [0.15, 0.2) is 24.3 Å². The number of hydrogen-bond acceptors (Lipinski definition) is 2. The van der Waals surface area contributed by atoms with Crippen molar-refractivity contribution in [3.05, 3.63) is 35.4 Å². The molecule has 2 aliphatic rings. The van der Waals surface area contributed by atoms with Gasteiger partial charge < -0.3 is 10.1 Å². The second kappa shape index (κ2) is 4.11. The Balaban J connectivity index is 1.91. The van der Waals surface area contributed by atoms with Gasteiger partial charge in [-0.25, -0.2) is 0 Å². The molecule has 1 aromatic carbocycles. The number of nitrogens with one attached hydrogen (secondary N) is 1. The van der Waals surface area contributed by atoms with Gasteiger partial charge in [0, 0.05) is 12.6 Å².